The van der Waals surface area contributed by atoms with Crippen molar-refractivity contribution >= 4 is 50.5 Å². The highest BCUT2D eigenvalue weighted by atomic mass is 79.9. The molecule has 0 fully saturated rings. The Morgan fingerprint density at radius 3 is 2.12 bits per heavy atom. The van der Waals surface area contributed by atoms with Crippen molar-refractivity contribution in [2.45, 2.75) is 13.1 Å². The van der Waals surface area contributed by atoms with Gasteiger partial charge in [0.25, 0.3) is 0 Å². The summed E-state index contributed by atoms with van der Waals surface area (Å²) in [5.41, 5.74) is -0.358. The molecule has 2 rings (SSSR count). The second-order valence-electron chi connectivity index (χ2n) is 5.04. The smallest absolute Gasteiger partial charge is 0.289 e. The van der Waals surface area contributed by atoms with Gasteiger partial charge in [-0.15, -0.1) is 0 Å². The second kappa shape index (κ2) is 7.30. The number of hydrogen-bond acceptors (Lipinski definition) is 1. The van der Waals surface area contributed by atoms with Gasteiger partial charge in [-0.05, 0) is 48.4 Å². The van der Waals surface area contributed by atoms with Crippen LogP contribution in [0.25, 0.3) is 5.57 Å². The molecule has 126 valence electrons. The summed E-state index contributed by atoms with van der Waals surface area (Å²) in [5.74, 6) is -0.765. The molecule has 2 aromatic carbocycles. The van der Waals surface area contributed by atoms with Crippen molar-refractivity contribution in [2.75, 3.05) is 0 Å². The van der Waals surface area contributed by atoms with E-state index in [1.54, 1.807) is 6.07 Å². The van der Waals surface area contributed by atoms with Crippen LogP contribution in [0.5, 0.6) is 0 Å². The number of alkyl halides is 3. The maximum absolute atomic E-state index is 13.4. The van der Waals surface area contributed by atoms with Gasteiger partial charge in [-0.1, -0.05) is 51.3 Å². The van der Waals surface area contributed by atoms with Crippen LogP contribution in [0.15, 0.2) is 46.9 Å². The maximum Gasteiger partial charge on any atom is 0.417 e. The minimum absolute atomic E-state index is 0.0539. The highest BCUT2D eigenvalue weighted by molar-refractivity contribution is 9.10. The molecule has 0 atom stereocenters. The van der Waals surface area contributed by atoms with Crippen LogP contribution >= 0.6 is 39.1 Å². The second-order valence-corrected chi connectivity index (χ2v) is 6.77. The Morgan fingerprint density at radius 2 is 1.62 bits per heavy atom. The average molecular weight is 438 g/mol. The number of halogens is 6. The first kappa shape index (κ1) is 19.0. The Kier molecular flexibility index (Phi) is 5.78. The first-order chi connectivity index (χ1) is 11.1. The Bertz CT molecular complexity index is 809. The standard InChI is InChI=1S/C17H10BrCl2F3O/c1-9-2-3-10(6-15(9)18)16(24)8-14(17(21,22)23)11-4-12(19)7-13(20)5-11/h2-8H,1H3/b14-8+. The lowest BCUT2D eigenvalue weighted by Gasteiger charge is -2.13. The quantitative estimate of drug-likeness (QED) is 0.377. The van der Waals surface area contributed by atoms with Gasteiger partial charge >= 0.3 is 6.18 Å². The topological polar surface area (TPSA) is 17.1 Å². The molecule has 0 aliphatic carbocycles. The third-order valence-electron chi connectivity index (χ3n) is 3.21. The average Bonchev–Trinajstić information content (AvgIpc) is 2.45. The maximum atomic E-state index is 13.4. The van der Waals surface area contributed by atoms with Crippen LogP contribution < -0.4 is 0 Å². The van der Waals surface area contributed by atoms with E-state index in [0.717, 1.165) is 17.7 Å². The fraction of sp³-hybridized carbons (Fsp3) is 0.118. The molecule has 24 heavy (non-hydrogen) atoms. The Morgan fingerprint density at radius 1 is 1.04 bits per heavy atom. The SMILES string of the molecule is Cc1ccc(C(=O)/C=C(\c2cc(Cl)cc(Cl)c2)C(F)(F)F)cc1Br. The summed E-state index contributed by atoms with van der Waals surface area (Å²) in [5, 5.41) is 0.108. The number of rotatable bonds is 3. The van der Waals surface area contributed by atoms with Crippen molar-refractivity contribution in [3.05, 3.63) is 73.7 Å². The van der Waals surface area contributed by atoms with Crippen molar-refractivity contribution in [2.24, 2.45) is 0 Å². The molecule has 1 nitrogen and oxygen atoms in total. The lowest BCUT2D eigenvalue weighted by Crippen LogP contribution is -2.13. The molecule has 0 aliphatic heterocycles. The molecule has 0 unspecified atom stereocenters. The first-order valence-corrected chi connectivity index (χ1v) is 8.18. The number of allylic oxidation sites excluding steroid dienone is 2. The fourth-order valence-corrected chi connectivity index (χ4v) is 2.90. The molecule has 0 saturated heterocycles. The molecule has 0 bridgehead atoms. The van der Waals surface area contributed by atoms with Gasteiger partial charge in [0, 0.05) is 20.1 Å². The lowest BCUT2D eigenvalue weighted by molar-refractivity contribution is -0.0689. The molecule has 0 aromatic heterocycles. The van der Waals surface area contributed by atoms with Gasteiger partial charge in [0.1, 0.15) is 0 Å². The molecular formula is C17H10BrCl2F3O. The minimum atomic E-state index is -4.73. The Hall–Kier alpha value is -1.30. The Labute approximate surface area is 155 Å². The first-order valence-electron chi connectivity index (χ1n) is 6.64. The zero-order chi connectivity index (χ0) is 18.1. The normalized spacial score (nSPS) is 12.4. The van der Waals surface area contributed by atoms with Gasteiger partial charge in [0.05, 0.1) is 5.57 Å². The van der Waals surface area contributed by atoms with Gasteiger partial charge in [0.15, 0.2) is 5.78 Å². The molecule has 0 amide bonds. The molecule has 0 spiro atoms. The van der Waals surface area contributed by atoms with E-state index in [1.807, 2.05) is 6.92 Å². The number of benzene rings is 2. The minimum Gasteiger partial charge on any atom is -0.289 e. The third kappa shape index (κ3) is 4.62. The van der Waals surface area contributed by atoms with Gasteiger partial charge in [-0.3, -0.25) is 4.79 Å². The molecular weight excluding hydrogens is 428 g/mol. The number of aryl methyl sites for hydroxylation is 1. The predicted octanol–water partition coefficient (Wildman–Crippen LogP) is 6.89. The van der Waals surface area contributed by atoms with Gasteiger partial charge in [-0.2, -0.15) is 13.2 Å². The monoisotopic (exact) mass is 436 g/mol. The molecule has 7 heteroatoms. The fourth-order valence-electron chi connectivity index (χ4n) is 2.00. The molecule has 0 N–H and O–H groups in total. The summed E-state index contributed by atoms with van der Waals surface area (Å²) in [7, 11) is 0. The van der Waals surface area contributed by atoms with E-state index in [0.29, 0.717) is 10.5 Å². The summed E-state index contributed by atoms with van der Waals surface area (Å²) in [6.45, 7) is 1.81. The highest BCUT2D eigenvalue weighted by Gasteiger charge is 2.35. The van der Waals surface area contributed by atoms with Crippen LogP contribution in [0.3, 0.4) is 0 Å². The van der Waals surface area contributed by atoms with Crippen molar-refractivity contribution in [3.63, 3.8) is 0 Å². The van der Waals surface area contributed by atoms with Crippen LogP contribution in [-0.4, -0.2) is 12.0 Å². The molecule has 0 heterocycles. The summed E-state index contributed by atoms with van der Waals surface area (Å²) in [6.07, 6.45) is -4.18. The van der Waals surface area contributed by atoms with E-state index in [1.165, 1.54) is 18.2 Å². The van der Waals surface area contributed by atoms with Gasteiger partial charge < -0.3 is 0 Å². The molecule has 0 radical (unpaired) electrons. The van der Waals surface area contributed by atoms with E-state index in [2.05, 4.69) is 15.9 Å². The summed E-state index contributed by atoms with van der Waals surface area (Å²) < 4.78 is 40.8. The highest BCUT2D eigenvalue weighted by Crippen LogP contribution is 2.36. The number of ketones is 1. The molecule has 2 aromatic rings. The van der Waals surface area contributed by atoms with Crippen LogP contribution in [0.4, 0.5) is 13.2 Å². The van der Waals surface area contributed by atoms with Crippen LogP contribution in [-0.2, 0) is 0 Å². The van der Waals surface area contributed by atoms with Crippen molar-refractivity contribution in [1.82, 2.24) is 0 Å². The van der Waals surface area contributed by atoms with E-state index in [9.17, 15) is 18.0 Å². The zero-order valence-corrected chi connectivity index (χ0v) is 15.3. The van der Waals surface area contributed by atoms with E-state index < -0.39 is 17.5 Å². The van der Waals surface area contributed by atoms with E-state index in [-0.39, 0.29) is 21.2 Å². The van der Waals surface area contributed by atoms with E-state index in [4.69, 9.17) is 23.2 Å². The molecule has 0 saturated carbocycles. The van der Waals surface area contributed by atoms with Crippen molar-refractivity contribution in [1.29, 1.82) is 0 Å². The largest absolute Gasteiger partial charge is 0.417 e. The number of hydrogen-bond donors (Lipinski definition) is 0. The van der Waals surface area contributed by atoms with Crippen molar-refractivity contribution < 1.29 is 18.0 Å². The number of carbonyl (C=O) groups excluding carboxylic acids is 1. The zero-order valence-electron chi connectivity index (χ0n) is 12.2. The number of carbonyl (C=O) groups is 1. The van der Waals surface area contributed by atoms with Gasteiger partial charge in [-0.25, -0.2) is 0 Å². The lowest BCUT2D eigenvalue weighted by atomic mass is 10.0. The van der Waals surface area contributed by atoms with Crippen LogP contribution in [0.2, 0.25) is 10.0 Å². The van der Waals surface area contributed by atoms with E-state index >= 15 is 0 Å². The summed E-state index contributed by atoms with van der Waals surface area (Å²) >= 11 is 14.8. The Balaban J connectivity index is 2.53. The third-order valence-corrected chi connectivity index (χ3v) is 4.50. The summed E-state index contributed by atoms with van der Waals surface area (Å²) in [6, 6.07) is 8.15. The van der Waals surface area contributed by atoms with Crippen LogP contribution in [0.1, 0.15) is 21.5 Å². The molecule has 0 aliphatic rings. The summed E-state index contributed by atoms with van der Waals surface area (Å²) in [4.78, 5) is 12.2. The predicted molar refractivity (Wildman–Crippen MR) is 93.7 cm³/mol. The van der Waals surface area contributed by atoms with Crippen LogP contribution in [0, 0.1) is 6.92 Å². The van der Waals surface area contributed by atoms with Gasteiger partial charge in [0.2, 0.25) is 0 Å². The van der Waals surface area contributed by atoms with Crippen molar-refractivity contribution in [3.8, 4) is 0 Å².